The molecule has 0 amide bonds. The molecule has 1 aliphatic carbocycles. The van der Waals surface area contributed by atoms with Gasteiger partial charge in [-0.3, -0.25) is 0 Å². The number of nitrogens with one attached hydrogen (secondary N) is 1. The molecule has 1 aliphatic rings. The Morgan fingerprint density at radius 1 is 1.31 bits per heavy atom. The normalized spacial score (nSPS) is 19.7. The summed E-state index contributed by atoms with van der Waals surface area (Å²) in [6.45, 7) is 7.90. The lowest BCUT2D eigenvalue weighted by atomic mass is 10.00. The van der Waals surface area contributed by atoms with Crippen molar-refractivity contribution < 1.29 is 0 Å². The summed E-state index contributed by atoms with van der Waals surface area (Å²) < 4.78 is 0. The van der Waals surface area contributed by atoms with Gasteiger partial charge in [0.15, 0.2) is 0 Å². The molecule has 0 aromatic carbocycles. The zero-order valence-corrected chi connectivity index (χ0v) is 11.2. The summed E-state index contributed by atoms with van der Waals surface area (Å²) >= 11 is 0. The van der Waals surface area contributed by atoms with Crippen molar-refractivity contribution in [1.29, 1.82) is 0 Å². The molecule has 1 saturated carbocycles. The van der Waals surface area contributed by atoms with E-state index in [2.05, 4.69) is 19.2 Å². The summed E-state index contributed by atoms with van der Waals surface area (Å²) in [5.74, 6) is 0.803. The summed E-state index contributed by atoms with van der Waals surface area (Å²) in [5.41, 5.74) is 6.25. The van der Waals surface area contributed by atoms with Gasteiger partial charge in [-0.25, -0.2) is 0 Å². The molecule has 16 heavy (non-hydrogen) atoms. The van der Waals surface area contributed by atoms with Crippen molar-refractivity contribution >= 4 is 0 Å². The van der Waals surface area contributed by atoms with Gasteiger partial charge in [-0.2, -0.15) is 0 Å². The minimum atomic E-state index is 0.706. The number of nitrogens with two attached hydrogens (primary N) is 1. The highest BCUT2D eigenvalue weighted by Gasteiger charge is 2.40. The average Bonchev–Trinajstić information content (AvgIpc) is 2.99. The first-order chi connectivity index (χ1) is 7.72. The first-order valence-corrected chi connectivity index (χ1v) is 7.13. The second kappa shape index (κ2) is 7.29. The molecule has 2 nitrogen and oxygen atoms in total. The lowest BCUT2D eigenvalue weighted by Crippen LogP contribution is -2.25. The molecule has 0 saturated heterocycles. The van der Waals surface area contributed by atoms with Crippen LogP contribution >= 0.6 is 0 Å². The molecule has 96 valence electrons. The Morgan fingerprint density at radius 3 is 2.62 bits per heavy atom. The molecule has 0 heterocycles. The van der Waals surface area contributed by atoms with E-state index in [4.69, 9.17) is 5.73 Å². The molecule has 0 bridgehead atoms. The van der Waals surface area contributed by atoms with Crippen LogP contribution in [0.5, 0.6) is 0 Å². The van der Waals surface area contributed by atoms with Crippen molar-refractivity contribution in [3.63, 3.8) is 0 Å². The van der Waals surface area contributed by atoms with E-state index in [1.165, 1.54) is 58.0 Å². The van der Waals surface area contributed by atoms with Crippen LogP contribution in [0.2, 0.25) is 0 Å². The van der Waals surface area contributed by atoms with Crippen molar-refractivity contribution in [3.05, 3.63) is 0 Å². The van der Waals surface area contributed by atoms with Crippen molar-refractivity contribution in [3.8, 4) is 0 Å². The Kier molecular flexibility index (Phi) is 6.37. The van der Waals surface area contributed by atoms with Gasteiger partial charge in [0.25, 0.3) is 0 Å². The van der Waals surface area contributed by atoms with Crippen molar-refractivity contribution in [1.82, 2.24) is 5.32 Å². The quantitative estimate of drug-likeness (QED) is 0.562. The number of hydrogen-bond acceptors (Lipinski definition) is 2. The minimum absolute atomic E-state index is 0.706. The summed E-state index contributed by atoms with van der Waals surface area (Å²) in [5, 5.41) is 3.64. The molecule has 1 atom stereocenters. The summed E-state index contributed by atoms with van der Waals surface area (Å²) in [4.78, 5) is 0. The third-order valence-corrected chi connectivity index (χ3v) is 3.95. The maximum absolute atomic E-state index is 5.54. The van der Waals surface area contributed by atoms with Crippen molar-refractivity contribution in [2.45, 2.75) is 58.8 Å². The summed E-state index contributed by atoms with van der Waals surface area (Å²) in [7, 11) is 0. The van der Waals surface area contributed by atoms with Crippen LogP contribution in [0.3, 0.4) is 0 Å². The highest BCUT2D eigenvalue weighted by atomic mass is 14.9. The van der Waals surface area contributed by atoms with Gasteiger partial charge in [-0.05, 0) is 62.9 Å². The fraction of sp³-hybridized carbons (Fsp3) is 1.00. The Bertz CT molecular complexity index is 176. The van der Waals surface area contributed by atoms with E-state index in [0.29, 0.717) is 5.41 Å². The molecule has 3 N–H and O–H groups in total. The zero-order valence-electron chi connectivity index (χ0n) is 11.2. The first kappa shape index (κ1) is 14.0. The van der Waals surface area contributed by atoms with Crippen LogP contribution in [-0.4, -0.2) is 19.6 Å². The SMILES string of the molecule is CCCC1(CNCCCC(C)CCN)CC1. The maximum Gasteiger partial charge on any atom is 0.000781 e. The van der Waals surface area contributed by atoms with E-state index in [1.54, 1.807) is 0 Å². The molecule has 1 fully saturated rings. The topological polar surface area (TPSA) is 38.0 Å². The van der Waals surface area contributed by atoms with E-state index in [-0.39, 0.29) is 0 Å². The molecule has 0 spiro atoms. The molecule has 0 aromatic heterocycles. The van der Waals surface area contributed by atoms with E-state index >= 15 is 0 Å². The predicted octanol–water partition coefficient (Wildman–Crippen LogP) is 2.92. The molecule has 1 unspecified atom stereocenters. The van der Waals surface area contributed by atoms with Gasteiger partial charge >= 0.3 is 0 Å². The van der Waals surface area contributed by atoms with Gasteiger partial charge in [0.1, 0.15) is 0 Å². The number of hydrogen-bond donors (Lipinski definition) is 2. The van der Waals surface area contributed by atoms with E-state index in [1.807, 2.05) is 0 Å². The second-order valence-electron chi connectivity index (χ2n) is 5.75. The van der Waals surface area contributed by atoms with Gasteiger partial charge < -0.3 is 11.1 Å². The number of rotatable bonds is 10. The first-order valence-electron chi connectivity index (χ1n) is 7.13. The van der Waals surface area contributed by atoms with Crippen LogP contribution in [0.15, 0.2) is 0 Å². The van der Waals surface area contributed by atoms with Crippen LogP contribution in [0.1, 0.15) is 58.8 Å². The van der Waals surface area contributed by atoms with Gasteiger partial charge in [0.05, 0.1) is 0 Å². The molecule has 1 rings (SSSR count). The van der Waals surface area contributed by atoms with Crippen LogP contribution in [-0.2, 0) is 0 Å². The summed E-state index contributed by atoms with van der Waals surface area (Å²) in [6.07, 6.45) is 9.49. The third kappa shape index (κ3) is 5.31. The lowest BCUT2D eigenvalue weighted by molar-refractivity contribution is 0.406. The van der Waals surface area contributed by atoms with Crippen molar-refractivity contribution in [2.24, 2.45) is 17.1 Å². The third-order valence-electron chi connectivity index (χ3n) is 3.95. The fourth-order valence-corrected chi connectivity index (χ4v) is 2.58. The monoisotopic (exact) mass is 226 g/mol. The highest BCUT2D eigenvalue weighted by Crippen LogP contribution is 2.48. The Hall–Kier alpha value is -0.0800. The van der Waals surface area contributed by atoms with Crippen LogP contribution in [0.25, 0.3) is 0 Å². The van der Waals surface area contributed by atoms with Gasteiger partial charge in [-0.15, -0.1) is 0 Å². The Labute approximate surface area is 101 Å². The van der Waals surface area contributed by atoms with Gasteiger partial charge in [0, 0.05) is 6.54 Å². The lowest BCUT2D eigenvalue weighted by Gasteiger charge is -2.15. The van der Waals surface area contributed by atoms with Crippen molar-refractivity contribution in [2.75, 3.05) is 19.6 Å². The smallest absolute Gasteiger partial charge is 0.000781 e. The second-order valence-corrected chi connectivity index (χ2v) is 5.75. The van der Waals surface area contributed by atoms with Crippen LogP contribution in [0.4, 0.5) is 0 Å². The molecular weight excluding hydrogens is 196 g/mol. The van der Waals surface area contributed by atoms with Gasteiger partial charge in [-0.1, -0.05) is 20.3 Å². The standard InChI is InChI=1S/C14H30N2/c1-3-7-14(8-9-14)12-16-11-4-5-13(2)6-10-15/h13,16H,3-12,15H2,1-2H3. The largest absolute Gasteiger partial charge is 0.330 e. The molecular formula is C14H30N2. The fourth-order valence-electron chi connectivity index (χ4n) is 2.58. The van der Waals surface area contributed by atoms with Crippen LogP contribution < -0.4 is 11.1 Å². The molecule has 0 radical (unpaired) electrons. The average molecular weight is 226 g/mol. The van der Waals surface area contributed by atoms with E-state index in [9.17, 15) is 0 Å². The Balaban J connectivity index is 1.92. The molecule has 0 aliphatic heterocycles. The molecule has 0 aromatic rings. The van der Waals surface area contributed by atoms with E-state index < -0.39 is 0 Å². The zero-order chi connectivity index (χ0) is 11.9. The highest BCUT2D eigenvalue weighted by molar-refractivity contribution is 4.94. The van der Waals surface area contributed by atoms with Crippen LogP contribution in [0, 0.1) is 11.3 Å². The molecule has 2 heteroatoms. The summed E-state index contributed by atoms with van der Waals surface area (Å²) in [6, 6.07) is 0. The minimum Gasteiger partial charge on any atom is -0.330 e. The Morgan fingerprint density at radius 2 is 2.06 bits per heavy atom. The maximum atomic E-state index is 5.54. The van der Waals surface area contributed by atoms with E-state index in [0.717, 1.165) is 12.5 Å². The predicted molar refractivity (Wildman–Crippen MR) is 71.5 cm³/mol. The van der Waals surface area contributed by atoms with Gasteiger partial charge in [0.2, 0.25) is 0 Å².